The molecule has 0 aliphatic heterocycles. The summed E-state index contributed by atoms with van der Waals surface area (Å²) in [6.07, 6.45) is 0.0556. The highest BCUT2D eigenvalue weighted by Crippen LogP contribution is 2.21. The Kier molecular flexibility index (Phi) is 5.63. The molecule has 138 valence electrons. The molecule has 3 aromatic rings. The van der Waals surface area contributed by atoms with Gasteiger partial charge in [-0.25, -0.2) is 9.89 Å². The quantitative estimate of drug-likeness (QED) is 0.645. The van der Waals surface area contributed by atoms with Crippen LogP contribution in [0.1, 0.15) is 17.3 Å². The average Bonchev–Trinajstić information content (AvgIpc) is 2.69. The molecule has 0 saturated heterocycles. The highest BCUT2D eigenvalue weighted by atomic mass is 16.5. The van der Waals surface area contributed by atoms with E-state index in [0.717, 1.165) is 5.56 Å². The molecule has 7 heteroatoms. The second kappa shape index (κ2) is 8.29. The number of hydrogen-bond donors (Lipinski definition) is 3. The zero-order valence-corrected chi connectivity index (χ0v) is 14.8. The minimum absolute atomic E-state index is 0.306. The number of benzene rings is 2. The van der Waals surface area contributed by atoms with Crippen LogP contribution in [0, 0.1) is 0 Å². The lowest BCUT2D eigenvalue weighted by Crippen LogP contribution is -2.20. The molecule has 0 saturated carbocycles. The van der Waals surface area contributed by atoms with Crippen LogP contribution < -0.4 is 16.6 Å². The molecule has 3 rings (SSSR count). The minimum atomic E-state index is -0.557. The second-order valence-corrected chi connectivity index (χ2v) is 6.03. The van der Waals surface area contributed by atoms with Crippen molar-refractivity contribution in [2.75, 3.05) is 12.4 Å². The average molecular weight is 364 g/mol. The van der Waals surface area contributed by atoms with E-state index in [1.54, 1.807) is 30.3 Å². The smallest absolute Gasteiger partial charge is 0.411 e. The largest absolute Gasteiger partial charge is 0.453 e. The first-order valence-electron chi connectivity index (χ1n) is 8.41. The molecule has 0 fully saturated rings. The molecule has 1 heterocycles. The Morgan fingerprint density at radius 2 is 1.89 bits per heavy atom. The Balaban J connectivity index is 1.83. The van der Waals surface area contributed by atoms with Crippen LogP contribution in [0.15, 0.2) is 65.5 Å². The molecule has 0 aliphatic carbocycles. The Hall–Kier alpha value is -3.45. The monoisotopic (exact) mass is 364 g/mol. The molecule has 1 amide bonds. The van der Waals surface area contributed by atoms with Gasteiger partial charge >= 0.3 is 6.09 Å². The number of hydrogen-bond acceptors (Lipinski definition) is 5. The van der Waals surface area contributed by atoms with Crippen LogP contribution in [0.5, 0.6) is 0 Å². The van der Waals surface area contributed by atoms with Crippen molar-refractivity contribution in [3.05, 3.63) is 82.3 Å². The third-order valence-corrected chi connectivity index (χ3v) is 4.13. The first kappa shape index (κ1) is 18.3. The Bertz CT molecular complexity index is 969. The van der Waals surface area contributed by atoms with Crippen molar-refractivity contribution < 1.29 is 9.53 Å². The number of carbonyl (C=O) groups is 1. The maximum atomic E-state index is 12.2. The van der Waals surface area contributed by atoms with Crippen LogP contribution in [0.2, 0.25) is 0 Å². The van der Waals surface area contributed by atoms with E-state index >= 15 is 0 Å². The Morgan fingerprint density at radius 1 is 1.19 bits per heavy atom. The van der Waals surface area contributed by atoms with Gasteiger partial charge in [-0.05, 0) is 35.7 Å². The fourth-order valence-electron chi connectivity index (χ4n) is 2.70. The van der Waals surface area contributed by atoms with E-state index < -0.39 is 6.09 Å². The van der Waals surface area contributed by atoms with Gasteiger partial charge in [0.25, 0.3) is 5.56 Å². The van der Waals surface area contributed by atoms with Crippen molar-refractivity contribution in [1.29, 1.82) is 0 Å². The zero-order valence-electron chi connectivity index (χ0n) is 14.8. The van der Waals surface area contributed by atoms with Crippen LogP contribution in [0.25, 0.3) is 11.1 Å². The third-order valence-electron chi connectivity index (χ3n) is 4.13. The summed E-state index contributed by atoms with van der Waals surface area (Å²) in [5, 5.41) is 9.17. The summed E-state index contributed by atoms with van der Waals surface area (Å²) in [6, 6.07) is 18.1. The van der Waals surface area contributed by atoms with Crippen molar-refractivity contribution in [3.63, 3.8) is 0 Å². The summed E-state index contributed by atoms with van der Waals surface area (Å²) in [6.45, 7) is 0. The lowest BCUT2D eigenvalue weighted by atomic mass is 10.0. The van der Waals surface area contributed by atoms with E-state index in [4.69, 9.17) is 5.73 Å². The number of nitrogens with one attached hydrogen (secondary N) is 2. The number of anilines is 1. The van der Waals surface area contributed by atoms with Gasteiger partial charge in [-0.3, -0.25) is 10.1 Å². The fourth-order valence-corrected chi connectivity index (χ4v) is 2.70. The van der Waals surface area contributed by atoms with E-state index in [-0.39, 0.29) is 11.6 Å². The Morgan fingerprint density at radius 3 is 2.56 bits per heavy atom. The number of nitrogens with two attached hydrogens (primary N) is 1. The molecule has 1 atom stereocenters. The summed E-state index contributed by atoms with van der Waals surface area (Å²) in [7, 11) is 1.29. The van der Waals surface area contributed by atoms with Crippen molar-refractivity contribution in [2.24, 2.45) is 5.73 Å². The first-order valence-corrected chi connectivity index (χ1v) is 8.41. The summed E-state index contributed by atoms with van der Waals surface area (Å²) in [4.78, 5) is 23.5. The van der Waals surface area contributed by atoms with Crippen LogP contribution in [0.4, 0.5) is 10.5 Å². The van der Waals surface area contributed by atoms with Crippen molar-refractivity contribution in [3.8, 4) is 11.1 Å². The number of H-pyrrole nitrogens is 1. The molecular formula is C20H20N4O3. The van der Waals surface area contributed by atoms with Gasteiger partial charge in [-0.1, -0.05) is 42.5 Å². The number of rotatable bonds is 5. The maximum absolute atomic E-state index is 12.2. The predicted octanol–water partition coefficient (Wildman–Crippen LogP) is 2.86. The molecule has 4 N–H and O–H groups in total. The summed E-state index contributed by atoms with van der Waals surface area (Å²) < 4.78 is 4.55. The predicted molar refractivity (Wildman–Crippen MR) is 103 cm³/mol. The van der Waals surface area contributed by atoms with E-state index in [0.29, 0.717) is 28.9 Å². The molecule has 0 aliphatic rings. The van der Waals surface area contributed by atoms with Gasteiger partial charge in [0.05, 0.1) is 24.4 Å². The van der Waals surface area contributed by atoms with Crippen LogP contribution in [-0.4, -0.2) is 23.4 Å². The van der Waals surface area contributed by atoms with Gasteiger partial charge < -0.3 is 10.5 Å². The topological polar surface area (TPSA) is 110 Å². The van der Waals surface area contributed by atoms with E-state index in [2.05, 4.69) is 20.3 Å². The molecule has 0 spiro atoms. The minimum Gasteiger partial charge on any atom is -0.453 e. The Labute approximate surface area is 156 Å². The van der Waals surface area contributed by atoms with Crippen molar-refractivity contribution >= 4 is 11.8 Å². The zero-order chi connectivity index (χ0) is 19.2. The summed E-state index contributed by atoms with van der Waals surface area (Å²) >= 11 is 0. The number of carbonyl (C=O) groups excluding carboxylic acids is 1. The molecule has 1 aromatic heterocycles. The van der Waals surface area contributed by atoms with E-state index in [1.807, 2.05) is 30.3 Å². The molecule has 0 bridgehead atoms. The number of ether oxygens (including phenoxy) is 1. The molecule has 2 aromatic carbocycles. The molecule has 7 nitrogen and oxygen atoms in total. The highest BCUT2D eigenvalue weighted by Gasteiger charge is 2.13. The number of aromatic amines is 1. The highest BCUT2D eigenvalue weighted by molar-refractivity contribution is 5.85. The van der Waals surface area contributed by atoms with Crippen LogP contribution in [0.3, 0.4) is 0 Å². The molecular weight excluding hydrogens is 344 g/mol. The van der Waals surface area contributed by atoms with E-state index in [1.165, 1.54) is 7.11 Å². The summed E-state index contributed by atoms with van der Waals surface area (Å²) in [5.74, 6) is 0. The van der Waals surface area contributed by atoms with Crippen LogP contribution in [-0.2, 0) is 11.2 Å². The first-order chi connectivity index (χ1) is 13.1. The van der Waals surface area contributed by atoms with Gasteiger partial charge in [0, 0.05) is 5.69 Å². The second-order valence-electron chi connectivity index (χ2n) is 6.03. The van der Waals surface area contributed by atoms with Gasteiger partial charge in [0.2, 0.25) is 0 Å². The molecule has 27 heavy (non-hydrogen) atoms. The fraction of sp³-hybridized carbons (Fsp3) is 0.150. The maximum Gasteiger partial charge on any atom is 0.411 e. The van der Waals surface area contributed by atoms with Crippen LogP contribution >= 0.6 is 0 Å². The lowest BCUT2D eigenvalue weighted by Gasteiger charge is -2.12. The lowest BCUT2D eigenvalue weighted by molar-refractivity contribution is 0.187. The van der Waals surface area contributed by atoms with Gasteiger partial charge in [-0.2, -0.15) is 5.10 Å². The van der Waals surface area contributed by atoms with Gasteiger partial charge in [0.1, 0.15) is 0 Å². The van der Waals surface area contributed by atoms with Crippen molar-refractivity contribution in [1.82, 2.24) is 10.2 Å². The number of aromatic nitrogens is 2. The summed E-state index contributed by atoms with van der Waals surface area (Å²) in [5.41, 5.74) is 9.39. The van der Waals surface area contributed by atoms with E-state index in [9.17, 15) is 9.59 Å². The van der Waals surface area contributed by atoms with Gasteiger partial charge in [-0.15, -0.1) is 0 Å². The third kappa shape index (κ3) is 4.59. The SMILES string of the molecule is COC(=O)Nc1ccc(-c2cc(C(N)Cc3ccccc3)n[nH]c2=O)cc1. The van der Waals surface area contributed by atoms with Crippen molar-refractivity contribution in [2.45, 2.75) is 12.5 Å². The molecule has 0 radical (unpaired) electrons. The molecule has 1 unspecified atom stereocenters. The number of nitrogens with zero attached hydrogens (tertiary/aromatic N) is 1. The normalized spacial score (nSPS) is 11.6. The number of methoxy groups -OCH3 is 1. The standard InChI is InChI=1S/C20H20N4O3/c1-27-20(26)22-15-9-7-14(8-10-15)16-12-18(23-24-19(16)25)17(21)11-13-5-3-2-4-6-13/h2-10,12,17H,11,21H2,1H3,(H,22,26)(H,24,25). The van der Waals surface area contributed by atoms with Gasteiger partial charge in [0.15, 0.2) is 0 Å². The number of amides is 1.